The predicted molar refractivity (Wildman–Crippen MR) is 125 cm³/mol. The molecule has 0 unspecified atom stereocenters. The quantitative estimate of drug-likeness (QED) is 0.586. The fourth-order valence-corrected chi connectivity index (χ4v) is 4.76. The van der Waals surface area contributed by atoms with Crippen molar-refractivity contribution in [2.24, 2.45) is 0 Å². The normalized spacial score (nSPS) is 26.7. The van der Waals surface area contributed by atoms with Crippen molar-refractivity contribution in [2.75, 3.05) is 6.54 Å². The molecule has 1 saturated heterocycles. The van der Waals surface area contributed by atoms with Gasteiger partial charge >= 0.3 is 0 Å². The van der Waals surface area contributed by atoms with Gasteiger partial charge in [0.15, 0.2) is 11.4 Å². The lowest BCUT2D eigenvalue weighted by Crippen LogP contribution is -2.60. The number of nitrogens with one attached hydrogen (secondary N) is 1. The van der Waals surface area contributed by atoms with Crippen LogP contribution >= 0.6 is 0 Å². The maximum Gasteiger partial charge on any atom is 0.252 e. The van der Waals surface area contributed by atoms with Gasteiger partial charge in [0.2, 0.25) is 0 Å². The van der Waals surface area contributed by atoms with E-state index < -0.39 is 41.3 Å². The molecular weight excluding hydrogens is 470 g/mol. The average Bonchev–Trinajstić information content (AvgIpc) is 3.16. The van der Waals surface area contributed by atoms with Crippen molar-refractivity contribution in [3.8, 4) is 6.07 Å². The maximum absolute atomic E-state index is 14.3. The van der Waals surface area contributed by atoms with E-state index >= 15 is 0 Å². The molecule has 1 amide bonds. The summed E-state index contributed by atoms with van der Waals surface area (Å²) < 4.78 is 52.2. The molecule has 7 nitrogen and oxygen atoms in total. The SMILES string of the molecule is CCNC(=O)[C@@]1(OCc2ccc(C#N)cc2)C[C@H](OCc2ccc(F)cc2F)[C@@H]2OC(C)(C)O[C@@H]2C1. The van der Waals surface area contributed by atoms with Gasteiger partial charge in [-0.05, 0) is 44.5 Å². The molecule has 4 rings (SSSR count). The van der Waals surface area contributed by atoms with Crippen LogP contribution in [0.4, 0.5) is 8.78 Å². The molecule has 1 aliphatic heterocycles. The summed E-state index contributed by atoms with van der Waals surface area (Å²) in [5.41, 5.74) is 0.229. The molecule has 2 aromatic rings. The van der Waals surface area contributed by atoms with E-state index in [0.717, 1.165) is 11.6 Å². The van der Waals surface area contributed by atoms with E-state index in [0.29, 0.717) is 12.1 Å². The molecule has 4 atom stereocenters. The molecule has 2 fully saturated rings. The highest BCUT2D eigenvalue weighted by Crippen LogP contribution is 2.44. The number of nitriles is 1. The highest BCUT2D eigenvalue weighted by Gasteiger charge is 2.58. The number of likely N-dealkylation sites (N-methyl/N-ethyl adjacent to an activating group) is 1. The fourth-order valence-electron chi connectivity index (χ4n) is 4.76. The fraction of sp³-hybridized carbons (Fsp3) is 0.481. The van der Waals surface area contributed by atoms with Crippen molar-refractivity contribution in [1.29, 1.82) is 5.26 Å². The number of hydrogen-bond acceptors (Lipinski definition) is 6. The van der Waals surface area contributed by atoms with Crippen LogP contribution in [0.1, 0.15) is 50.3 Å². The largest absolute Gasteiger partial charge is 0.370 e. The first-order valence-corrected chi connectivity index (χ1v) is 12.0. The van der Waals surface area contributed by atoms with Crippen molar-refractivity contribution in [2.45, 2.75) is 76.5 Å². The zero-order valence-electron chi connectivity index (χ0n) is 20.6. The minimum Gasteiger partial charge on any atom is -0.370 e. The number of benzene rings is 2. The summed E-state index contributed by atoms with van der Waals surface area (Å²) in [6.45, 7) is 5.79. The van der Waals surface area contributed by atoms with Crippen LogP contribution in [0.3, 0.4) is 0 Å². The lowest BCUT2D eigenvalue weighted by atomic mass is 9.78. The smallest absolute Gasteiger partial charge is 0.252 e. The molecule has 2 aromatic carbocycles. The van der Waals surface area contributed by atoms with E-state index in [1.807, 2.05) is 6.92 Å². The van der Waals surface area contributed by atoms with E-state index in [-0.39, 0.29) is 37.5 Å². The molecule has 0 aromatic heterocycles. The first-order chi connectivity index (χ1) is 17.1. The highest BCUT2D eigenvalue weighted by atomic mass is 19.1. The molecule has 9 heteroatoms. The first-order valence-electron chi connectivity index (χ1n) is 12.0. The minimum absolute atomic E-state index is 0.129. The van der Waals surface area contributed by atoms with Crippen LogP contribution in [-0.2, 0) is 37.0 Å². The van der Waals surface area contributed by atoms with E-state index in [4.69, 9.17) is 24.2 Å². The van der Waals surface area contributed by atoms with E-state index in [2.05, 4.69) is 11.4 Å². The Morgan fingerprint density at radius 2 is 1.89 bits per heavy atom. The van der Waals surface area contributed by atoms with Crippen molar-refractivity contribution >= 4 is 5.91 Å². The molecule has 192 valence electrons. The number of carbonyl (C=O) groups excluding carboxylic acids is 1. The Hall–Kier alpha value is -2.90. The number of hydrogen-bond donors (Lipinski definition) is 1. The van der Waals surface area contributed by atoms with Gasteiger partial charge in [-0.25, -0.2) is 8.78 Å². The van der Waals surface area contributed by atoms with Crippen LogP contribution in [0.5, 0.6) is 0 Å². The Morgan fingerprint density at radius 3 is 2.56 bits per heavy atom. The molecule has 1 N–H and O–H groups in total. The van der Waals surface area contributed by atoms with E-state index in [9.17, 15) is 13.6 Å². The third-order valence-corrected chi connectivity index (χ3v) is 6.47. The third kappa shape index (κ3) is 5.73. The summed E-state index contributed by atoms with van der Waals surface area (Å²) in [6.07, 6.45) is -1.25. The van der Waals surface area contributed by atoms with E-state index in [1.165, 1.54) is 12.1 Å². The van der Waals surface area contributed by atoms with Gasteiger partial charge in [-0.2, -0.15) is 5.26 Å². The number of ether oxygens (including phenoxy) is 4. The molecule has 2 aliphatic rings. The molecular formula is C27H30F2N2O5. The minimum atomic E-state index is -1.29. The Bertz CT molecular complexity index is 1130. The van der Waals surface area contributed by atoms with Gasteiger partial charge < -0.3 is 24.3 Å². The number of amides is 1. The van der Waals surface area contributed by atoms with Crippen LogP contribution in [0.2, 0.25) is 0 Å². The van der Waals surface area contributed by atoms with Crippen molar-refractivity contribution in [3.63, 3.8) is 0 Å². The lowest BCUT2D eigenvalue weighted by Gasteiger charge is -2.43. The van der Waals surface area contributed by atoms with Crippen LogP contribution in [-0.4, -0.2) is 42.2 Å². The lowest BCUT2D eigenvalue weighted by molar-refractivity contribution is -0.183. The molecule has 1 heterocycles. The van der Waals surface area contributed by atoms with Crippen molar-refractivity contribution < 1.29 is 32.5 Å². The van der Waals surface area contributed by atoms with Gasteiger partial charge in [0.25, 0.3) is 5.91 Å². The zero-order chi connectivity index (χ0) is 25.9. The van der Waals surface area contributed by atoms with Crippen LogP contribution in [0.25, 0.3) is 0 Å². The molecule has 36 heavy (non-hydrogen) atoms. The van der Waals surface area contributed by atoms with Crippen molar-refractivity contribution in [3.05, 3.63) is 70.8 Å². The maximum atomic E-state index is 14.3. The Balaban J connectivity index is 1.59. The second kappa shape index (κ2) is 10.6. The van der Waals surface area contributed by atoms with Gasteiger partial charge in [-0.1, -0.05) is 18.2 Å². The average molecular weight is 501 g/mol. The molecule has 0 bridgehead atoms. The molecule has 1 aliphatic carbocycles. The monoisotopic (exact) mass is 500 g/mol. The molecule has 0 radical (unpaired) electrons. The van der Waals surface area contributed by atoms with Gasteiger partial charge in [0.1, 0.15) is 17.7 Å². The Labute approximate surface area is 209 Å². The third-order valence-electron chi connectivity index (χ3n) is 6.47. The summed E-state index contributed by atoms with van der Waals surface area (Å²) in [4.78, 5) is 13.4. The number of nitrogens with zero attached hydrogens (tertiary/aromatic N) is 1. The second-order valence-corrected chi connectivity index (χ2v) is 9.58. The zero-order valence-corrected chi connectivity index (χ0v) is 20.6. The molecule has 1 saturated carbocycles. The second-order valence-electron chi connectivity index (χ2n) is 9.58. The summed E-state index contributed by atoms with van der Waals surface area (Å²) in [5.74, 6) is -2.58. The summed E-state index contributed by atoms with van der Waals surface area (Å²) in [5, 5.41) is 11.9. The van der Waals surface area contributed by atoms with Gasteiger partial charge in [-0.3, -0.25) is 4.79 Å². The Kier molecular flexibility index (Phi) is 7.71. The van der Waals surface area contributed by atoms with Crippen LogP contribution < -0.4 is 5.32 Å². The topological polar surface area (TPSA) is 89.8 Å². The van der Waals surface area contributed by atoms with Gasteiger partial charge in [-0.15, -0.1) is 0 Å². The summed E-state index contributed by atoms with van der Waals surface area (Å²) >= 11 is 0. The molecule has 0 spiro atoms. The van der Waals surface area contributed by atoms with Crippen LogP contribution in [0, 0.1) is 23.0 Å². The Morgan fingerprint density at radius 1 is 1.14 bits per heavy atom. The highest BCUT2D eigenvalue weighted by molar-refractivity contribution is 5.85. The van der Waals surface area contributed by atoms with Crippen molar-refractivity contribution in [1.82, 2.24) is 5.32 Å². The predicted octanol–water partition coefficient (Wildman–Crippen LogP) is 4.13. The van der Waals surface area contributed by atoms with Gasteiger partial charge in [0, 0.05) is 31.0 Å². The first kappa shape index (κ1) is 26.2. The standard InChI is InChI=1S/C27H30F2N2O5/c1-4-31-25(32)27(34-15-18-7-5-17(14-30)6-8-18)12-22(24-23(13-27)35-26(2,3)36-24)33-16-19-9-10-20(28)11-21(19)29/h5-11,22-24H,4,12-13,15-16H2,1-3H3,(H,31,32)/t22-,23+,24-,27+/m0/s1. The van der Waals surface area contributed by atoms with Gasteiger partial charge in [0.05, 0.1) is 37.1 Å². The number of fused-ring (bicyclic) bond motifs is 1. The summed E-state index contributed by atoms with van der Waals surface area (Å²) in [6, 6.07) is 12.3. The van der Waals surface area contributed by atoms with E-state index in [1.54, 1.807) is 38.1 Å². The number of halogens is 2. The summed E-state index contributed by atoms with van der Waals surface area (Å²) in [7, 11) is 0. The number of carbonyl (C=O) groups is 1. The number of rotatable bonds is 8. The van der Waals surface area contributed by atoms with Crippen LogP contribution in [0.15, 0.2) is 42.5 Å².